The highest BCUT2D eigenvalue weighted by atomic mass is 16.3. The van der Waals surface area contributed by atoms with E-state index in [1.165, 1.54) is 0 Å². The van der Waals surface area contributed by atoms with Gasteiger partial charge in [0.1, 0.15) is 17.3 Å². The van der Waals surface area contributed by atoms with Crippen LogP contribution in [-0.4, -0.2) is 37.5 Å². The van der Waals surface area contributed by atoms with Gasteiger partial charge in [-0.15, -0.1) is 0 Å². The van der Waals surface area contributed by atoms with Crippen molar-refractivity contribution in [1.29, 1.82) is 0 Å². The first-order chi connectivity index (χ1) is 17.6. The molecule has 0 saturated heterocycles. The van der Waals surface area contributed by atoms with Gasteiger partial charge in [0, 0.05) is 11.6 Å². The lowest BCUT2D eigenvalue weighted by Crippen LogP contribution is -2.38. The second-order valence-corrected chi connectivity index (χ2v) is 8.64. The molecule has 0 fully saturated rings. The Morgan fingerprint density at radius 3 is 1.83 bits per heavy atom. The van der Waals surface area contributed by atoms with Gasteiger partial charge in [-0.1, -0.05) is 91.0 Å². The molecule has 7 heteroatoms. The normalized spacial score (nSPS) is 12.5. The number of aromatic nitrogens is 3. The summed E-state index contributed by atoms with van der Waals surface area (Å²) < 4.78 is 1.86. The number of aliphatic hydroxyl groups is 2. The van der Waals surface area contributed by atoms with Crippen molar-refractivity contribution in [1.82, 2.24) is 14.8 Å². The highest BCUT2D eigenvalue weighted by molar-refractivity contribution is 5.84. The summed E-state index contributed by atoms with van der Waals surface area (Å²) >= 11 is 0. The maximum Gasteiger partial charge on any atom is 0.223 e. The first kappa shape index (κ1) is 23.4. The minimum Gasteiger partial charge on any atom is -0.393 e. The molecule has 1 atom stereocenters. The number of fused-ring (bicyclic) bond motifs is 1. The summed E-state index contributed by atoms with van der Waals surface area (Å²) in [7, 11) is 0. The summed E-state index contributed by atoms with van der Waals surface area (Å²) in [6.45, 7) is -0.496. The van der Waals surface area contributed by atoms with E-state index in [9.17, 15) is 15.0 Å². The average Bonchev–Trinajstić information content (AvgIpc) is 3.29. The quantitative estimate of drug-likeness (QED) is 0.296. The molecule has 4 N–H and O–H groups in total. The third-order valence-corrected chi connectivity index (χ3v) is 6.39. The number of nitrogens with two attached hydrogens (primary N) is 1. The Kier molecular flexibility index (Phi) is 6.33. The molecule has 180 valence electrons. The summed E-state index contributed by atoms with van der Waals surface area (Å²) in [6.07, 6.45) is 0.336. The highest BCUT2D eigenvalue weighted by Gasteiger charge is 2.41. The van der Waals surface area contributed by atoms with Gasteiger partial charge in [0.25, 0.3) is 0 Å². The van der Waals surface area contributed by atoms with Crippen molar-refractivity contribution in [2.45, 2.75) is 18.1 Å². The van der Waals surface area contributed by atoms with E-state index in [2.05, 4.69) is 4.98 Å². The Morgan fingerprint density at radius 1 is 0.889 bits per heavy atom. The van der Waals surface area contributed by atoms with Crippen molar-refractivity contribution >= 4 is 16.8 Å². The van der Waals surface area contributed by atoms with Gasteiger partial charge in [-0.05, 0) is 22.8 Å². The number of hydrogen-bond acceptors (Lipinski definition) is 5. The topological polar surface area (TPSA) is 114 Å². The predicted octanol–water partition coefficient (Wildman–Crippen LogP) is 3.33. The van der Waals surface area contributed by atoms with Crippen LogP contribution < -0.4 is 5.73 Å². The molecule has 5 rings (SSSR count). The Morgan fingerprint density at radius 2 is 1.39 bits per heavy atom. The fourth-order valence-electron chi connectivity index (χ4n) is 4.84. The number of amides is 1. The van der Waals surface area contributed by atoms with Crippen LogP contribution in [0.25, 0.3) is 10.9 Å². The first-order valence-corrected chi connectivity index (χ1v) is 11.7. The van der Waals surface area contributed by atoms with Gasteiger partial charge >= 0.3 is 0 Å². The third-order valence-electron chi connectivity index (χ3n) is 6.39. The zero-order valence-corrected chi connectivity index (χ0v) is 19.5. The van der Waals surface area contributed by atoms with Crippen LogP contribution in [0.15, 0.2) is 103 Å². The molecule has 1 amide bonds. The lowest BCUT2D eigenvalue weighted by Gasteiger charge is -2.37. The monoisotopic (exact) mass is 478 g/mol. The Hall–Kier alpha value is -4.33. The van der Waals surface area contributed by atoms with E-state index < -0.39 is 24.2 Å². The number of carbonyl (C=O) groups excluding carboxylic acids is 1. The molecule has 0 saturated carbocycles. The molecule has 1 unspecified atom stereocenters. The van der Waals surface area contributed by atoms with E-state index in [1.807, 2.05) is 95.7 Å². The molecule has 0 radical (unpaired) electrons. The molecule has 36 heavy (non-hydrogen) atoms. The van der Waals surface area contributed by atoms with Gasteiger partial charge in [0.2, 0.25) is 5.91 Å². The number of nitrogens with zero attached hydrogens (tertiary/aromatic N) is 3. The van der Waals surface area contributed by atoms with Crippen LogP contribution in [0, 0.1) is 0 Å². The van der Waals surface area contributed by atoms with Crippen molar-refractivity contribution < 1.29 is 15.0 Å². The summed E-state index contributed by atoms with van der Waals surface area (Å²) in [4.78, 5) is 16.1. The zero-order chi connectivity index (χ0) is 25.1. The van der Waals surface area contributed by atoms with Crippen LogP contribution in [0.4, 0.5) is 0 Å². The van der Waals surface area contributed by atoms with Crippen LogP contribution in [0.1, 0.15) is 34.2 Å². The summed E-state index contributed by atoms with van der Waals surface area (Å²) in [5.41, 5.74) is 8.82. The van der Waals surface area contributed by atoms with E-state index in [1.54, 1.807) is 12.3 Å². The Balaban J connectivity index is 1.96. The van der Waals surface area contributed by atoms with Gasteiger partial charge in [-0.2, -0.15) is 5.10 Å². The molecule has 3 aromatic carbocycles. The minimum atomic E-state index is -1.21. The van der Waals surface area contributed by atoms with Crippen molar-refractivity contribution in [3.05, 3.63) is 131 Å². The number of rotatable bonds is 8. The van der Waals surface area contributed by atoms with Crippen LogP contribution in [-0.2, 0) is 16.8 Å². The predicted molar refractivity (Wildman–Crippen MR) is 137 cm³/mol. The van der Waals surface area contributed by atoms with Gasteiger partial charge in [-0.25, -0.2) is 4.68 Å². The second kappa shape index (κ2) is 9.73. The number of carbonyl (C=O) groups is 1. The van der Waals surface area contributed by atoms with Crippen molar-refractivity contribution in [2.75, 3.05) is 6.61 Å². The molecule has 0 bridgehead atoms. The molecule has 5 aromatic rings. The molecule has 0 aliphatic rings. The SMILES string of the molecule is NC(=O)Cc1cc2c(cn1)c(C(O)CO)nn2C(c1ccccc1)(c1ccccc1)c1ccccc1. The fraction of sp³-hybridized carbons (Fsp3) is 0.138. The van der Waals surface area contributed by atoms with Crippen LogP contribution in [0.3, 0.4) is 0 Å². The maximum absolute atomic E-state index is 11.7. The van der Waals surface area contributed by atoms with E-state index >= 15 is 0 Å². The molecule has 2 heterocycles. The smallest absolute Gasteiger partial charge is 0.223 e. The minimum absolute atomic E-state index is 0.0337. The van der Waals surface area contributed by atoms with E-state index in [0.29, 0.717) is 22.3 Å². The van der Waals surface area contributed by atoms with Crippen molar-refractivity contribution in [2.24, 2.45) is 5.73 Å². The molecule has 0 aliphatic heterocycles. The number of primary amides is 1. The van der Waals surface area contributed by atoms with Crippen molar-refractivity contribution in [3.63, 3.8) is 0 Å². The van der Waals surface area contributed by atoms with Crippen LogP contribution in [0.2, 0.25) is 0 Å². The Bertz CT molecular complexity index is 1390. The summed E-state index contributed by atoms with van der Waals surface area (Å²) in [5.74, 6) is -0.496. The second-order valence-electron chi connectivity index (χ2n) is 8.64. The molecule has 0 aliphatic carbocycles. The summed E-state index contributed by atoms with van der Waals surface area (Å²) in [6, 6.07) is 31.8. The average molecular weight is 479 g/mol. The largest absolute Gasteiger partial charge is 0.393 e. The summed E-state index contributed by atoms with van der Waals surface area (Å²) in [5, 5.41) is 26.0. The van der Waals surface area contributed by atoms with E-state index in [0.717, 1.165) is 16.7 Å². The van der Waals surface area contributed by atoms with Gasteiger partial charge in [0.05, 0.1) is 24.2 Å². The fourth-order valence-corrected chi connectivity index (χ4v) is 4.84. The van der Waals surface area contributed by atoms with E-state index in [4.69, 9.17) is 10.8 Å². The molecule has 7 nitrogen and oxygen atoms in total. The van der Waals surface area contributed by atoms with Crippen LogP contribution >= 0.6 is 0 Å². The Labute approximate surface area is 208 Å². The molecular formula is C29H26N4O3. The van der Waals surface area contributed by atoms with E-state index in [-0.39, 0.29) is 6.42 Å². The molecule has 0 spiro atoms. The number of hydrogen-bond donors (Lipinski definition) is 3. The van der Waals surface area contributed by atoms with Gasteiger partial charge < -0.3 is 15.9 Å². The van der Waals surface area contributed by atoms with Gasteiger partial charge in [-0.3, -0.25) is 9.78 Å². The maximum atomic E-state index is 11.7. The van der Waals surface area contributed by atoms with Gasteiger partial charge in [0.15, 0.2) is 0 Å². The first-order valence-electron chi connectivity index (χ1n) is 11.7. The number of aliphatic hydroxyl groups excluding tert-OH is 2. The molecule has 2 aromatic heterocycles. The number of pyridine rings is 1. The third kappa shape index (κ3) is 3.94. The van der Waals surface area contributed by atoms with Crippen LogP contribution in [0.5, 0.6) is 0 Å². The standard InChI is InChI=1S/C29H26N4O3/c30-27(36)17-23-16-25-24(18-31-23)28(26(35)19-34)32-33(25)29(20-10-4-1-5-11-20,21-12-6-2-7-13-21)22-14-8-3-9-15-22/h1-16,18,26,34-35H,17,19H2,(H2,30,36). The molecular weight excluding hydrogens is 452 g/mol. The zero-order valence-electron chi connectivity index (χ0n) is 19.5. The highest BCUT2D eigenvalue weighted by Crippen LogP contribution is 2.43. The lowest BCUT2D eigenvalue weighted by molar-refractivity contribution is -0.117. The lowest BCUT2D eigenvalue weighted by atomic mass is 9.77. The number of benzene rings is 3. The van der Waals surface area contributed by atoms with Crippen molar-refractivity contribution in [3.8, 4) is 0 Å².